The molecular formula is C13H10N2O2S2. The fourth-order valence-corrected chi connectivity index (χ4v) is 3.89. The Balaban J connectivity index is 2.31. The van der Waals surface area contributed by atoms with Gasteiger partial charge in [-0.1, -0.05) is 0 Å². The van der Waals surface area contributed by atoms with Crippen LogP contribution in [0, 0.1) is 24.0 Å². The Morgan fingerprint density at radius 2 is 2.16 bits per heavy atom. The van der Waals surface area contributed by atoms with Gasteiger partial charge in [0.15, 0.2) is 0 Å². The van der Waals surface area contributed by atoms with Crippen molar-refractivity contribution < 1.29 is 4.92 Å². The number of rotatable bonds is 2. The van der Waals surface area contributed by atoms with Crippen LogP contribution < -0.4 is 0 Å². The first-order chi connectivity index (χ1) is 9.08. The molecule has 0 radical (unpaired) electrons. The third-order valence-electron chi connectivity index (χ3n) is 3.04. The molecule has 3 aromatic rings. The maximum Gasteiger partial charge on any atom is 0.274 e. The Labute approximate surface area is 117 Å². The maximum absolute atomic E-state index is 11.0. The minimum absolute atomic E-state index is 0.172. The van der Waals surface area contributed by atoms with Crippen molar-refractivity contribution in [2.24, 2.45) is 0 Å². The summed E-state index contributed by atoms with van der Waals surface area (Å²) < 4.78 is 0.910. The lowest BCUT2D eigenvalue weighted by molar-refractivity contribution is -0.385. The number of nitrogens with zero attached hydrogens (tertiary/aromatic N) is 2. The number of fused-ring (bicyclic) bond motifs is 1. The monoisotopic (exact) mass is 290 g/mol. The second kappa shape index (κ2) is 4.40. The average Bonchev–Trinajstić information content (AvgIpc) is 3.00. The fourth-order valence-electron chi connectivity index (χ4n) is 2.04. The van der Waals surface area contributed by atoms with Crippen LogP contribution in [-0.2, 0) is 0 Å². The Morgan fingerprint density at radius 1 is 1.37 bits per heavy atom. The van der Waals surface area contributed by atoms with Gasteiger partial charge >= 0.3 is 0 Å². The minimum atomic E-state index is -0.328. The number of benzene rings is 1. The van der Waals surface area contributed by atoms with Gasteiger partial charge in [0.05, 0.1) is 15.1 Å². The molecule has 0 N–H and O–H groups in total. The smallest absolute Gasteiger partial charge is 0.258 e. The lowest BCUT2D eigenvalue weighted by atomic mass is 10.1. The van der Waals surface area contributed by atoms with E-state index in [4.69, 9.17) is 0 Å². The largest absolute Gasteiger partial charge is 0.274 e. The van der Waals surface area contributed by atoms with Crippen LogP contribution in [0.1, 0.15) is 11.1 Å². The molecule has 0 bridgehead atoms. The summed E-state index contributed by atoms with van der Waals surface area (Å²) in [6.07, 6.45) is 0. The molecule has 3 rings (SSSR count). The van der Waals surface area contributed by atoms with Gasteiger partial charge in [0.2, 0.25) is 0 Å². The van der Waals surface area contributed by atoms with E-state index in [1.54, 1.807) is 24.3 Å². The van der Waals surface area contributed by atoms with Crippen molar-refractivity contribution in [3.8, 4) is 10.6 Å². The van der Waals surface area contributed by atoms with E-state index in [-0.39, 0.29) is 10.6 Å². The number of aromatic nitrogens is 1. The third kappa shape index (κ3) is 1.93. The maximum atomic E-state index is 11.0. The molecule has 0 amide bonds. The molecule has 2 heterocycles. The molecule has 0 saturated carbocycles. The fraction of sp³-hybridized carbons (Fsp3) is 0.154. The molecular weight excluding hydrogens is 280 g/mol. The molecule has 96 valence electrons. The number of nitro benzene ring substituents is 1. The average molecular weight is 290 g/mol. The molecule has 0 aliphatic heterocycles. The molecule has 4 nitrogen and oxygen atoms in total. The van der Waals surface area contributed by atoms with Crippen molar-refractivity contribution >= 4 is 38.6 Å². The summed E-state index contributed by atoms with van der Waals surface area (Å²) in [5, 5.41) is 16.0. The van der Waals surface area contributed by atoms with Crippen LogP contribution in [0.3, 0.4) is 0 Å². The van der Waals surface area contributed by atoms with Crippen molar-refractivity contribution in [3.63, 3.8) is 0 Å². The number of thiazole rings is 1. The van der Waals surface area contributed by atoms with Crippen molar-refractivity contribution in [1.82, 2.24) is 4.98 Å². The molecule has 2 aromatic heterocycles. The summed E-state index contributed by atoms with van der Waals surface area (Å²) in [5.74, 6) is 0. The summed E-state index contributed by atoms with van der Waals surface area (Å²) in [4.78, 5) is 15.3. The predicted octanol–water partition coefficient (Wildman–Crippen LogP) is 4.55. The minimum Gasteiger partial charge on any atom is -0.258 e. The highest BCUT2D eigenvalue weighted by Gasteiger charge is 2.19. The Hall–Kier alpha value is -1.79. The molecule has 0 spiro atoms. The van der Waals surface area contributed by atoms with Crippen LogP contribution in [0.5, 0.6) is 0 Å². The summed E-state index contributed by atoms with van der Waals surface area (Å²) in [5.41, 5.74) is 3.67. The highest BCUT2D eigenvalue weighted by molar-refractivity contribution is 7.22. The van der Waals surface area contributed by atoms with Crippen molar-refractivity contribution in [2.45, 2.75) is 13.8 Å². The first-order valence-electron chi connectivity index (χ1n) is 5.65. The molecule has 19 heavy (non-hydrogen) atoms. The number of nitro groups is 1. The summed E-state index contributed by atoms with van der Waals surface area (Å²) in [6, 6.07) is 3.62. The number of hydrogen-bond donors (Lipinski definition) is 0. The summed E-state index contributed by atoms with van der Waals surface area (Å²) in [6.45, 7) is 3.65. The van der Waals surface area contributed by atoms with Gasteiger partial charge in [0.25, 0.3) is 5.69 Å². The normalized spacial score (nSPS) is 11.1. The van der Waals surface area contributed by atoms with E-state index >= 15 is 0 Å². The SMILES string of the molecule is Cc1cc([N+](=O)[O-])c(C)c2sc(-c3ccsc3)nc12. The Morgan fingerprint density at radius 3 is 2.79 bits per heavy atom. The zero-order valence-corrected chi connectivity index (χ0v) is 12.0. The van der Waals surface area contributed by atoms with Crippen molar-refractivity contribution in [2.75, 3.05) is 0 Å². The van der Waals surface area contributed by atoms with Crippen LogP contribution in [-0.4, -0.2) is 9.91 Å². The Bertz CT molecular complexity index is 776. The first-order valence-corrected chi connectivity index (χ1v) is 7.41. The summed E-state index contributed by atoms with van der Waals surface area (Å²) >= 11 is 3.14. The van der Waals surface area contributed by atoms with Gasteiger partial charge in [-0.25, -0.2) is 4.98 Å². The molecule has 0 saturated heterocycles. The topological polar surface area (TPSA) is 56.0 Å². The number of aryl methyl sites for hydroxylation is 2. The van der Waals surface area contributed by atoms with Gasteiger partial charge in [-0.05, 0) is 30.9 Å². The van der Waals surface area contributed by atoms with E-state index in [1.165, 1.54) is 11.3 Å². The molecule has 0 fully saturated rings. The lowest BCUT2D eigenvalue weighted by Crippen LogP contribution is -1.93. The lowest BCUT2D eigenvalue weighted by Gasteiger charge is -2.00. The van der Waals surface area contributed by atoms with Crippen LogP contribution in [0.25, 0.3) is 20.8 Å². The second-order valence-electron chi connectivity index (χ2n) is 4.30. The molecule has 0 aliphatic carbocycles. The van der Waals surface area contributed by atoms with Crippen LogP contribution in [0.4, 0.5) is 5.69 Å². The summed E-state index contributed by atoms with van der Waals surface area (Å²) in [7, 11) is 0. The predicted molar refractivity (Wildman–Crippen MR) is 79.1 cm³/mol. The highest BCUT2D eigenvalue weighted by Crippen LogP contribution is 2.37. The highest BCUT2D eigenvalue weighted by atomic mass is 32.1. The molecule has 0 atom stereocenters. The van der Waals surface area contributed by atoms with E-state index in [0.717, 1.165) is 26.4 Å². The van der Waals surface area contributed by atoms with E-state index in [9.17, 15) is 10.1 Å². The van der Waals surface area contributed by atoms with Crippen LogP contribution in [0.15, 0.2) is 22.9 Å². The van der Waals surface area contributed by atoms with Gasteiger partial charge in [-0.15, -0.1) is 11.3 Å². The van der Waals surface area contributed by atoms with Crippen LogP contribution in [0.2, 0.25) is 0 Å². The molecule has 1 aromatic carbocycles. The van der Waals surface area contributed by atoms with Gasteiger partial charge < -0.3 is 0 Å². The van der Waals surface area contributed by atoms with Gasteiger partial charge in [0.1, 0.15) is 5.01 Å². The quantitative estimate of drug-likeness (QED) is 0.514. The molecule has 0 aliphatic rings. The molecule has 0 unspecified atom stereocenters. The van der Waals surface area contributed by atoms with Gasteiger partial charge in [0, 0.05) is 22.6 Å². The first kappa shape index (κ1) is 12.3. The van der Waals surface area contributed by atoms with E-state index < -0.39 is 0 Å². The van der Waals surface area contributed by atoms with Crippen molar-refractivity contribution in [1.29, 1.82) is 0 Å². The van der Waals surface area contributed by atoms with Crippen LogP contribution >= 0.6 is 22.7 Å². The zero-order chi connectivity index (χ0) is 13.6. The standard InChI is InChI=1S/C13H10N2O2S2/c1-7-5-10(15(16)17)8(2)12-11(7)14-13(19-12)9-3-4-18-6-9/h3-6H,1-2H3. The Kier molecular flexibility index (Phi) is 2.83. The van der Waals surface area contributed by atoms with Gasteiger partial charge in [-0.3, -0.25) is 10.1 Å². The van der Waals surface area contributed by atoms with E-state index in [1.807, 2.05) is 23.8 Å². The molecule has 6 heteroatoms. The van der Waals surface area contributed by atoms with E-state index in [0.29, 0.717) is 5.56 Å². The third-order valence-corrected chi connectivity index (χ3v) is 4.95. The van der Waals surface area contributed by atoms with Crippen molar-refractivity contribution in [3.05, 3.63) is 44.1 Å². The number of hydrogen-bond acceptors (Lipinski definition) is 5. The second-order valence-corrected chi connectivity index (χ2v) is 6.08. The van der Waals surface area contributed by atoms with Gasteiger partial charge in [-0.2, -0.15) is 11.3 Å². The zero-order valence-electron chi connectivity index (χ0n) is 10.3. The van der Waals surface area contributed by atoms with E-state index in [2.05, 4.69) is 4.98 Å². The number of thiophene rings is 1.